The molecule has 86 valence electrons. The normalized spacial score (nSPS) is 16.6. The summed E-state index contributed by atoms with van der Waals surface area (Å²) in [5.74, 6) is -1.03. The van der Waals surface area contributed by atoms with E-state index in [1.54, 1.807) is 0 Å². The van der Waals surface area contributed by atoms with Gasteiger partial charge in [0.1, 0.15) is 6.04 Å². The van der Waals surface area contributed by atoms with E-state index in [9.17, 15) is 9.90 Å². The molecule has 1 aromatic rings. The molecule has 0 aromatic heterocycles. The van der Waals surface area contributed by atoms with Crippen molar-refractivity contribution >= 4 is 5.97 Å². The first kappa shape index (κ1) is 11.1. The summed E-state index contributed by atoms with van der Waals surface area (Å²) in [6, 6.07) is 6.05. The van der Waals surface area contributed by atoms with Gasteiger partial charge in [-0.05, 0) is 42.9 Å². The van der Waals surface area contributed by atoms with Crippen LogP contribution in [0.1, 0.15) is 42.0 Å². The van der Waals surface area contributed by atoms with Crippen molar-refractivity contribution in [3.8, 4) is 0 Å². The quantitative estimate of drug-likeness (QED) is 0.776. The predicted octanol–water partition coefficient (Wildman–Crippen LogP) is -0.0116. The van der Waals surface area contributed by atoms with E-state index in [1.807, 2.05) is 6.07 Å². The fourth-order valence-electron chi connectivity index (χ4n) is 2.33. The van der Waals surface area contributed by atoms with Gasteiger partial charge >= 0.3 is 0 Å². The summed E-state index contributed by atoms with van der Waals surface area (Å²) in [7, 11) is 0. The average Bonchev–Trinajstić information content (AvgIpc) is 2.27. The molecule has 0 fully saturated rings. The minimum Gasteiger partial charge on any atom is -0.550 e. The lowest BCUT2D eigenvalue weighted by Gasteiger charge is -2.18. The number of hydrogen-bond donors (Lipinski definition) is 1. The van der Waals surface area contributed by atoms with Crippen LogP contribution in [0.3, 0.4) is 0 Å². The Balaban J connectivity index is 2.19. The number of carboxylic acids is 1. The van der Waals surface area contributed by atoms with Crippen LogP contribution in [-0.2, 0) is 17.6 Å². The summed E-state index contributed by atoms with van der Waals surface area (Å²) in [5.41, 5.74) is 7.68. The van der Waals surface area contributed by atoms with Gasteiger partial charge in [0.25, 0.3) is 0 Å². The third-order valence-electron chi connectivity index (χ3n) is 3.26. The van der Waals surface area contributed by atoms with Crippen LogP contribution >= 0.6 is 0 Å². The number of rotatable bonds is 3. The molecule has 1 aromatic carbocycles. The van der Waals surface area contributed by atoms with Gasteiger partial charge in [-0.15, -0.1) is 0 Å². The first-order valence-corrected chi connectivity index (χ1v) is 5.81. The molecule has 0 aliphatic heterocycles. The third kappa shape index (κ3) is 2.42. The van der Waals surface area contributed by atoms with Gasteiger partial charge in [-0.3, -0.25) is 0 Å². The molecule has 1 aliphatic carbocycles. The highest BCUT2D eigenvalue weighted by Gasteiger charge is 2.14. The van der Waals surface area contributed by atoms with E-state index < -0.39 is 5.97 Å². The minimum atomic E-state index is -1.03. The summed E-state index contributed by atoms with van der Waals surface area (Å²) in [6.45, 7) is 0. The first-order chi connectivity index (χ1) is 7.66. The van der Waals surface area contributed by atoms with E-state index in [-0.39, 0.29) is 12.5 Å². The number of carbonyl (C=O) groups excluding carboxylic acids is 1. The summed E-state index contributed by atoms with van der Waals surface area (Å²) < 4.78 is 0. The van der Waals surface area contributed by atoms with Gasteiger partial charge < -0.3 is 15.6 Å². The fourth-order valence-corrected chi connectivity index (χ4v) is 2.33. The Hall–Kier alpha value is -1.35. The fraction of sp³-hybridized carbons (Fsp3) is 0.462. The molecule has 16 heavy (non-hydrogen) atoms. The molecule has 0 unspecified atom stereocenters. The highest BCUT2D eigenvalue weighted by Crippen LogP contribution is 2.24. The van der Waals surface area contributed by atoms with Gasteiger partial charge in [0, 0.05) is 18.0 Å². The molecule has 3 nitrogen and oxygen atoms in total. The zero-order chi connectivity index (χ0) is 11.5. The van der Waals surface area contributed by atoms with E-state index >= 15 is 0 Å². The molecule has 0 heterocycles. The zero-order valence-electron chi connectivity index (χ0n) is 9.37. The molecule has 0 bridgehead atoms. The van der Waals surface area contributed by atoms with Gasteiger partial charge in [-0.2, -0.15) is 0 Å². The lowest BCUT2D eigenvalue weighted by atomic mass is 9.89. The maximum atomic E-state index is 10.5. The Morgan fingerprint density at radius 1 is 1.31 bits per heavy atom. The van der Waals surface area contributed by atoms with Crippen molar-refractivity contribution in [2.75, 3.05) is 0 Å². The second kappa shape index (κ2) is 4.66. The summed E-state index contributed by atoms with van der Waals surface area (Å²) in [4.78, 5) is 10.5. The van der Waals surface area contributed by atoms with Crippen molar-refractivity contribution in [2.24, 2.45) is 0 Å². The number of carboxylic acid groups (broad SMARTS) is 1. The Bertz CT molecular complexity index is 401. The van der Waals surface area contributed by atoms with Crippen LogP contribution in [0.4, 0.5) is 0 Å². The molecule has 3 heteroatoms. The molecule has 1 aliphatic rings. The second-order valence-corrected chi connectivity index (χ2v) is 4.51. The number of quaternary nitrogens is 1. The zero-order valence-corrected chi connectivity index (χ0v) is 9.37. The third-order valence-corrected chi connectivity index (χ3v) is 3.26. The Morgan fingerprint density at radius 2 is 2.00 bits per heavy atom. The highest BCUT2D eigenvalue weighted by atomic mass is 16.4. The Morgan fingerprint density at radius 3 is 2.69 bits per heavy atom. The van der Waals surface area contributed by atoms with Crippen molar-refractivity contribution in [2.45, 2.75) is 38.1 Å². The van der Waals surface area contributed by atoms with Crippen LogP contribution in [0.2, 0.25) is 0 Å². The Kier molecular flexibility index (Phi) is 3.25. The molecule has 0 spiro atoms. The monoisotopic (exact) mass is 219 g/mol. The number of benzene rings is 1. The maximum Gasteiger partial charge on any atom is 0.115 e. The van der Waals surface area contributed by atoms with Crippen LogP contribution in [0.15, 0.2) is 18.2 Å². The topological polar surface area (TPSA) is 67.8 Å². The molecule has 0 radical (unpaired) electrons. The van der Waals surface area contributed by atoms with Crippen LogP contribution in [0.25, 0.3) is 0 Å². The van der Waals surface area contributed by atoms with Crippen molar-refractivity contribution < 1.29 is 15.6 Å². The lowest BCUT2D eigenvalue weighted by molar-refractivity contribution is -0.430. The van der Waals surface area contributed by atoms with Crippen molar-refractivity contribution in [1.82, 2.24) is 0 Å². The van der Waals surface area contributed by atoms with Gasteiger partial charge in [-0.1, -0.05) is 12.1 Å². The van der Waals surface area contributed by atoms with E-state index in [2.05, 4.69) is 17.9 Å². The van der Waals surface area contributed by atoms with Crippen molar-refractivity contribution in [3.63, 3.8) is 0 Å². The number of hydrogen-bond acceptors (Lipinski definition) is 2. The van der Waals surface area contributed by atoms with E-state index in [0.29, 0.717) is 0 Å². The van der Waals surface area contributed by atoms with E-state index in [1.165, 1.54) is 24.0 Å². The van der Waals surface area contributed by atoms with Gasteiger partial charge in [0.2, 0.25) is 0 Å². The van der Waals surface area contributed by atoms with Crippen LogP contribution in [-0.4, -0.2) is 5.97 Å². The number of aryl methyl sites for hydroxylation is 2. The molecule has 1 atom stereocenters. The Labute approximate surface area is 95.3 Å². The van der Waals surface area contributed by atoms with Gasteiger partial charge in [-0.25, -0.2) is 0 Å². The highest BCUT2D eigenvalue weighted by molar-refractivity contribution is 5.65. The predicted molar refractivity (Wildman–Crippen MR) is 58.3 cm³/mol. The second-order valence-electron chi connectivity index (χ2n) is 4.51. The lowest BCUT2D eigenvalue weighted by Crippen LogP contribution is -2.55. The molecular weight excluding hydrogens is 202 g/mol. The molecular formula is C13H17NO2. The van der Waals surface area contributed by atoms with Crippen molar-refractivity contribution in [1.29, 1.82) is 0 Å². The molecule has 0 saturated heterocycles. The van der Waals surface area contributed by atoms with Gasteiger partial charge in [0.05, 0.1) is 0 Å². The summed E-state index contributed by atoms with van der Waals surface area (Å²) >= 11 is 0. The van der Waals surface area contributed by atoms with Gasteiger partial charge in [0.15, 0.2) is 0 Å². The molecule has 2 rings (SSSR count). The SMILES string of the molecule is [NH3+][C@H](CC(=O)[O-])c1ccc2c(c1)CCCC2. The smallest absolute Gasteiger partial charge is 0.115 e. The van der Waals surface area contributed by atoms with E-state index in [4.69, 9.17) is 0 Å². The van der Waals surface area contributed by atoms with Crippen LogP contribution in [0.5, 0.6) is 0 Å². The average molecular weight is 219 g/mol. The number of aliphatic carboxylic acids is 1. The van der Waals surface area contributed by atoms with Crippen LogP contribution in [0, 0.1) is 0 Å². The first-order valence-electron chi connectivity index (χ1n) is 5.81. The number of fused-ring (bicyclic) bond motifs is 1. The standard InChI is InChI=1S/C13H17NO2/c14-12(8-13(15)16)11-6-5-9-3-1-2-4-10(9)7-11/h5-7,12H,1-4,8,14H2,(H,15,16)/t12-/m1/s1. The molecule has 0 amide bonds. The molecule has 3 N–H and O–H groups in total. The molecule has 0 saturated carbocycles. The van der Waals surface area contributed by atoms with Crippen LogP contribution < -0.4 is 10.8 Å². The van der Waals surface area contributed by atoms with Crippen molar-refractivity contribution in [3.05, 3.63) is 34.9 Å². The maximum absolute atomic E-state index is 10.5. The largest absolute Gasteiger partial charge is 0.550 e. The summed E-state index contributed by atoms with van der Waals surface area (Å²) in [6.07, 6.45) is 4.76. The van der Waals surface area contributed by atoms with E-state index in [0.717, 1.165) is 18.4 Å². The number of carbonyl (C=O) groups is 1. The summed E-state index contributed by atoms with van der Waals surface area (Å²) in [5, 5.41) is 10.5. The minimum absolute atomic E-state index is 0.00120.